The molecule has 1 aliphatic heterocycles. The van der Waals surface area contributed by atoms with Crippen LogP contribution in [0.4, 0.5) is 0 Å². The van der Waals surface area contributed by atoms with Gasteiger partial charge in [-0.15, -0.1) is 0 Å². The van der Waals surface area contributed by atoms with E-state index in [4.69, 9.17) is 21.7 Å². The van der Waals surface area contributed by atoms with Crippen molar-refractivity contribution in [2.45, 2.75) is 38.6 Å². The summed E-state index contributed by atoms with van der Waals surface area (Å²) in [5, 5.41) is 5.35. The average Bonchev–Trinajstić information content (AvgIpc) is 3.25. The molecule has 2 aromatic heterocycles. The molecule has 1 aromatic carbocycles. The third-order valence-corrected chi connectivity index (χ3v) is 5.61. The lowest BCUT2D eigenvalue weighted by molar-refractivity contribution is 0.445. The van der Waals surface area contributed by atoms with Gasteiger partial charge in [0.15, 0.2) is 5.82 Å². The highest BCUT2D eigenvalue weighted by Gasteiger charge is 2.28. The lowest BCUT2D eigenvalue weighted by Gasteiger charge is -2.23. The van der Waals surface area contributed by atoms with E-state index in [1.807, 2.05) is 12.1 Å². The maximum Gasteiger partial charge on any atom is 0.177 e. The first kappa shape index (κ1) is 15.8. The Hall–Kier alpha value is -2.46. The van der Waals surface area contributed by atoms with Gasteiger partial charge in [0.1, 0.15) is 11.0 Å². The summed E-state index contributed by atoms with van der Waals surface area (Å²) in [6.07, 6.45) is 5.15. The summed E-state index contributed by atoms with van der Waals surface area (Å²) in [7, 11) is 0. The second-order valence-corrected chi connectivity index (χ2v) is 7.48. The molecule has 0 N–H and O–H groups in total. The Labute approximate surface area is 157 Å². The van der Waals surface area contributed by atoms with Crippen LogP contribution in [-0.2, 0) is 13.0 Å². The summed E-state index contributed by atoms with van der Waals surface area (Å²) >= 11 is 6.03. The van der Waals surface area contributed by atoms with Crippen molar-refractivity contribution in [1.82, 2.24) is 19.7 Å². The fourth-order valence-electron chi connectivity index (χ4n) is 4.08. The Morgan fingerprint density at radius 3 is 2.88 bits per heavy atom. The molecule has 0 spiro atoms. The monoisotopic (exact) mass is 362 g/mol. The molecule has 3 heterocycles. The van der Waals surface area contributed by atoms with Crippen LogP contribution in [0.3, 0.4) is 0 Å². The third-order valence-electron chi connectivity index (χ3n) is 5.40. The molecule has 0 saturated heterocycles. The predicted octanol–water partition coefficient (Wildman–Crippen LogP) is 4.66. The Morgan fingerprint density at radius 1 is 1.12 bits per heavy atom. The highest BCUT2D eigenvalue weighted by atomic mass is 35.5. The first-order chi connectivity index (χ1) is 12.7. The minimum absolute atomic E-state index is 0.322. The number of fused-ring (bicyclic) bond motifs is 2. The molecule has 3 aromatic rings. The van der Waals surface area contributed by atoms with Crippen molar-refractivity contribution in [3.05, 3.63) is 75.6 Å². The topological polar surface area (TPSA) is 43.6 Å². The van der Waals surface area contributed by atoms with Crippen molar-refractivity contribution in [3.8, 4) is 0 Å². The molecule has 1 unspecified atom stereocenters. The lowest BCUT2D eigenvalue weighted by atomic mass is 9.88. The van der Waals surface area contributed by atoms with Crippen LogP contribution >= 0.6 is 11.6 Å². The number of hydrogen-bond donors (Lipinski definition) is 0. The minimum atomic E-state index is 0.322. The fourth-order valence-corrected chi connectivity index (χ4v) is 4.23. The average molecular weight is 363 g/mol. The normalized spacial score (nSPS) is 18.4. The van der Waals surface area contributed by atoms with E-state index >= 15 is 0 Å². The number of hydrogen-bond acceptors (Lipinski definition) is 3. The van der Waals surface area contributed by atoms with Crippen molar-refractivity contribution >= 4 is 23.3 Å². The summed E-state index contributed by atoms with van der Waals surface area (Å²) in [6, 6.07) is 12.5. The zero-order chi connectivity index (χ0) is 17.7. The van der Waals surface area contributed by atoms with Gasteiger partial charge in [-0.25, -0.2) is 14.6 Å². The Balaban J connectivity index is 1.53. The van der Waals surface area contributed by atoms with Gasteiger partial charge in [-0.2, -0.15) is 5.10 Å². The van der Waals surface area contributed by atoms with Gasteiger partial charge in [0.25, 0.3) is 0 Å². The smallest absolute Gasteiger partial charge is 0.177 e. The van der Waals surface area contributed by atoms with E-state index in [1.54, 1.807) is 0 Å². The number of aryl methyl sites for hydroxylation is 2. The third kappa shape index (κ3) is 2.56. The summed E-state index contributed by atoms with van der Waals surface area (Å²) < 4.78 is 2.10. The Kier molecular flexibility index (Phi) is 3.68. The second kappa shape index (κ2) is 6.06. The Morgan fingerprint density at radius 2 is 2.00 bits per heavy atom. The van der Waals surface area contributed by atoms with E-state index < -0.39 is 0 Å². The standard InChI is InChI=1S/C21H19ClN4/c1-13-5-2-3-6-16(13)17-7-4-10-26-21(17)24-20(25-26)15-11-14-8-9-19(22)23-18(14)12-15/h2-3,5-6,8-9,12,17H,4,7,10-11H2,1H3. The van der Waals surface area contributed by atoms with Crippen LogP contribution in [0.1, 0.15) is 52.8 Å². The largest absolute Gasteiger partial charge is 0.249 e. The van der Waals surface area contributed by atoms with E-state index in [-0.39, 0.29) is 0 Å². The van der Waals surface area contributed by atoms with Crippen LogP contribution in [0.5, 0.6) is 0 Å². The zero-order valence-corrected chi connectivity index (χ0v) is 15.4. The molecule has 0 amide bonds. The highest BCUT2D eigenvalue weighted by Crippen LogP contribution is 2.36. The van der Waals surface area contributed by atoms with Crippen LogP contribution in [0.15, 0.2) is 36.4 Å². The fraction of sp³-hybridized carbons (Fsp3) is 0.286. The van der Waals surface area contributed by atoms with E-state index in [0.29, 0.717) is 11.1 Å². The molecule has 5 rings (SSSR count). The summed E-state index contributed by atoms with van der Waals surface area (Å²) in [4.78, 5) is 9.37. The van der Waals surface area contributed by atoms with Gasteiger partial charge in [0.05, 0.1) is 5.69 Å². The molecular weight excluding hydrogens is 344 g/mol. The predicted molar refractivity (Wildman–Crippen MR) is 103 cm³/mol. The number of rotatable bonds is 2. The molecule has 130 valence electrons. The van der Waals surface area contributed by atoms with Gasteiger partial charge in [-0.05, 0) is 48.6 Å². The van der Waals surface area contributed by atoms with Crippen molar-refractivity contribution in [3.63, 3.8) is 0 Å². The molecule has 0 fully saturated rings. The molecule has 0 radical (unpaired) electrons. The number of allylic oxidation sites excluding steroid dienone is 1. The van der Waals surface area contributed by atoms with Crippen LogP contribution < -0.4 is 0 Å². The van der Waals surface area contributed by atoms with Crippen molar-refractivity contribution < 1.29 is 0 Å². The summed E-state index contributed by atoms with van der Waals surface area (Å²) in [5.74, 6) is 2.24. The zero-order valence-electron chi connectivity index (χ0n) is 14.6. The van der Waals surface area contributed by atoms with E-state index in [9.17, 15) is 0 Å². The van der Waals surface area contributed by atoms with Gasteiger partial charge < -0.3 is 0 Å². The number of nitrogens with zero attached hydrogens (tertiary/aromatic N) is 4. The van der Waals surface area contributed by atoms with Gasteiger partial charge in [0, 0.05) is 24.5 Å². The van der Waals surface area contributed by atoms with Gasteiger partial charge in [0.2, 0.25) is 0 Å². The van der Waals surface area contributed by atoms with E-state index in [0.717, 1.165) is 48.7 Å². The molecule has 1 aliphatic carbocycles. The molecular formula is C21H19ClN4. The Bertz CT molecular complexity index is 1030. The summed E-state index contributed by atoms with van der Waals surface area (Å²) in [6.45, 7) is 3.12. The number of halogens is 1. The highest BCUT2D eigenvalue weighted by molar-refractivity contribution is 6.29. The number of benzene rings is 1. The minimum Gasteiger partial charge on any atom is -0.249 e. The quantitative estimate of drug-likeness (QED) is 0.623. The van der Waals surface area contributed by atoms with E-state index in [1.165, 1.54) is 16.7 Å². The summed E-state index contributed by atoms with van der Waals surface area (Å²) in [5.41, 5.74) is 5.94. The van der Waals surface area contributed by atoms with Crippen molar-refractivity contribution in [2.75, 3.05) is 0 Å². The van der Waals surface area contributed by atoms with Crippen LogP contribution in [0.2, 0.25) is 5.15 Å². The second-order valence-electron chi connectivity index (χ2n) is 7.09. The van der Waals surface area contributed by atoms with Crippen LogP contribution in [0, 0.1) is 6.92 Å². The van der Waals surface area contributed by atoms with Crippen LogP contribution in [0.25, 0.3) is 11.6 Å². The molecule has 2 aliphatic rings. The SMILES string of the molecule is Cc1ccccc1C1CCCn2nc(C3=Cc4nc(Cl)ccc4C3)nc21. The molecule has 0 bridgehead atoms. The first-order valence-electron chi connectivity index (χ1n) is 9.05. The van der Waals surface area contributed by atoms with Crippen LogP contribution in [-0.4, -0.2) is 19.7 Å². The molecule has 0 saturated carbocycles. The first-order valence-corrected chi connectivity index (χ1v) is 9.43. The molecule has 26 heavy (non-hydrogen) atoms. The van der Waals surface area contributed by atoms with Gasteiger partial charge in [-0.3, -0.25) is 0 Å². The van der Waals surface area contributed by atoms with Crippen molar-refractivity contribution in [2.24, 2.45) is 0 Å². The molecule has 4 nitrogen and oxygen atoms in total. The molecule has 5 heteroatoms. The van der Waals surface area contributed by atoms with Gasteiger partial charge >= 0.3 is 0 Å². The lowest BCUT2D eigenvalue weighted by Crippen LogP contribution is -2.18. The number of aromatic nitrogens is 4. The maximum absolute atomic E-state index is 6.03. The van der Waals surface area contributed by atoms with Crippen molar-refractivity contribution in [1.29, 1.82) is 0 Å². The van der Waals surface area contributed by atoms with E-state index in [2.05, 4.69) is 46.9 Å². The molecule has 1 atom stereocenters. The van der Waals surface area contributed by atoms with Gasteiger partial charge in [-0.1, -0.05) is 41.9 Å². The number of pyridine rings is 1. The maximum atomic E-state index is 6.03.